The number of nitrogens with zero attached hydrogens (tertiary/aromatic N) is 1. The minimum atomic E-state index is -4.50. The maximum absolute atomic E-state index is 13.5. The molecule has 0 aliphatic heterocycles. The van der Waals surface area contributed by atoms with Crippen molar-refractivity contribution in [2.45, 2.75) is 12.1 Å². The van der Waals surface area contributed by atoms with Crippen LogP contribution in [0.5, 0.6) is 0 Å². The van der Waals surface area contributed by atoms with Crippen molar-refractivity contribution >= 4 is 22.9 Å². The summed E-state index contributed by atoms with van der Waals surface area (Å²) < 4.78 is 51.1. The molecule has 0 saturated heterocycles. The second-order valence-electron chi connectivity index (χ2n) is 3.46. The molecule has 0 spiro atoms. The fourth-order valence-electron chi connectivity index (χ4n) is 1.36. The molecule has 0 fully saturated rings. The zero-order valence-electron chi connectivity index (χ0n) is 8.76. The molecule has 7 heteroatoms. The Morgan fingerprint density at radius 3 is 2.56 bits per heavy atom. The highest BCUT2D eigenvalue weighted by molar-refractivity contribution is 7.15. The highest BCUT2D eigenvalue weighted by Gasteiger charge is 2.31. The van der Waals surface area contributed by atoms with E-state index in [4.69, 9.17) is 11.6 Å². The molecule has 0 aliphatic carbocycles. The Labute approximate surface area is 109 Å². The molecule has 0 saturated carbocycles. The first kappa shape index (κ1) is 13.3. The van der Waals surface area contributed by atoms with E-state index in [0.717, 1.165) is 23.5 Å². The normalized spacial score (nSPS) is 11.8. The number of hydrogen-bond acceptors (Lipinski definition) is 2. The Balaban J connectivity index is 2.49. The van der Waals surface area contributed by atoms with Gasteiger partial charge in [0.2, 0.25) is 0 Å². The van der Waals surface area contributed by atoms with Gasteiger partial charge in [0.25, 0.3) is 0 Å². The van der Waals surface area contributed by atoms with Crippen LogP contribution in [0.4, 0.5) is 17.6 Å². The molecule has 0 atom stereocenters. The van der Waals surface area contributed by atoms with Crippen molar-refractivity contribution in [1.82, 2.24) is 4.98 Å². The average Bonchev–Trinajstić information content (AvgIpc) is 2.76. The quantitative estimate of drug-likeness (QED) is 0.578. The number of alkyl halides is 4. The molecule has 0 radical (unpaired) electrons. The van der Waals surface area contributed by atoms with Gasteiger partial charge in [-0.25, -0.2) is 9.37 Å². The average molecular weight is 296 g/mol. The number of benzene rings is 1. The van der Waals surface area contributed by atoms with Crippen LogP contribution in [0.2, 0.25) is 0 Å². The second-order valence-corrected chi connectivity index (χ2v) is 4.84. The highest BCUT2D eigenvalue weighted by atomic mass is 35.5. The summed E-state index contributed by atoms with van der Waals surface area (Å²) in [7, 11) is 0. The summed E-state index contributed by atoms with van der Waals surface area (Å²) in [6, 6.07) is 2.25. The molecule has 1 nitrogen and oxygen atoms in total. The van der Waals surface area contributed by atoms with Gasteiger partial charge in [0.05, 0.1) is 11.4 Å². The Kier molecular flexibility index (Phi) is 3.59. The summed E-state index contributed by atoms with van der Waals surface area (Å²) in [5.74, 6) is -0.545. The second kappa shape index (κ2) is 4.85. The predicted octanol–water partition coefficient (Wildman–Crippen LogP) is 4.71. The number of aromatic nitrogens is 1. The molecule has 0 aliphatic rings. The van der Waals surface area contributed by atoms with Gasteiger partial charge in [-0.05, 0) is 18.2 Å². The summed E-state index contributed by atoms with van der Waals surface area (Å²) in [6.07, 6.45) is -3.08. The van der Waals surface area contributed by atoms with Gasteiger partial charge in [0, 0.05) is 16.6 Å². The van der Waals surface area contributed by atoms with Crippen LogP contribution in [0, 0.1) is 5.82 Å². The van der Waals surface area contributed by atoms with Gasteiger partial charge in [-0.1, -0.05) is 0 Å². The number of hydrogen-bond donors (Lipinski definition) is 0. The summed E-state index contributed by atoms with van der Waals surface area (Å²) in [4.78, 5) is 4.54. The largest absolute Gasteiger partial charge is 0.416 e. The maximum atomic E-state index is 13.5. The van der Waals surface area contributed by atoms with Gasteiger partial charge in [-0.2, -0.15) is 13.2 Å². The van der Waals surface area contributed by atoms with Crippen LogP contribution in [0.25, 0.3) is 10.6 Å². The van der Waals surface area contributed by atoms with Crippen molar-refractivity contribution in [3.05, 3.63) is 40.7 Å². The molecule has 2 rings (SSSR count). The Morgan fingerprint density at radius 1 is 1.28 bits per heavy atom. The zero-order chi connectivity index (χ0) is 13.3. The lowest BCUT2D eigenvalue weighted by Gasteiger charge is -2.08. The first-order valence-electron chi connectivity index (χ1n) is 4.79. The molecule has 2 aromatic rings. The van der Waals surface area contributed by atoms with Gasteiger partial charge in [0.15, 0.2) is 0 Å². The lowest BCUT2D eigenvalue weighted by atomic mass is 10.1. The molecule has 18 heavy (non-hydrogen) atoms. The predicted molar refractivity (Wildman–Crippen MR) is 62.1 cm³/mol. The fourth-order valence-corrected chi connectivity index (χ4v) is 2.37. The van der Waals surface area contributed by atoms with E-state index in [1.165, 1.54) is 6.20 Å². The van der Waals surface area contributed by atoms with Crippen LogP contribution in [0.1, 0.15) is 10.4 Å². The monoisotopic (exact) mass is 295 g/mol. The van der Waals surface area contributed by atoms with Crippen molar-refractivity contribution in [1.29, 1.82) is 0 Å². The van der Waals surface area contributed by atoms with Gasteiger partial charge >= 0.3 is 6.18 Å². The fraction of sp³-hybridized carbons (Fsp3) is 0.182. The SMILES string of the molecule is Fc1ccc(C(F)(F)F)cc1-c1ncc(CCl)s1. The number of rotatable bonds is 2. The molecular weight excluding hydrogens is 290 g/mol. The lowest BCUT2D eigenvalue weighted by Crippen LogP contribution is -2.05. The highest BCUT2D eigenvalue weighted by Crippen LogP contribution is 2.35. The van der Waals surface area contributed by atoms with Crippen LogP contribution < -0.4 is 0 Å². The van der Waals surface area contributed by atoms with Crippen molar-refractivity contribution in [3.8, 4) is 10.6 Å². The number of thiazole rings is 1. The maximum Gasteiger partial charge on any atom is 0.416 e. The van der Waals surface area contributed by atoms with Crippen LogP contribution >= 0.6 is 22.9 Å². The first-order chi connectivity index (χ1) is 8.41. The summed E-state index contributed by atoms with van der Waals surface area (Å²) in [6.45, 7) is 0. The first-order valence-corrected chi connectivity index (χ1v) is 6.14. The van der Waals surface area contributed by atoms with Crippen molar-refractivity contribution < 1.29 is 17.6 Å². The Bertz CT molecular complexity index is 564. The van der Waals surface area contributed by atoms with Crippen molar-refractivity contribution in [2.24, 2.45) is 0 Å². The topological polar surface area (TPSA) is 12.9 Å². The van der Waals surface area contributed by atoms with Crippen LogP contribution in [0.15, 0.2) is 24.4 Å². The van der Waals surface area contributed by atoms with Gasteiger partial charge in [-0.15, -0.1) is 22.9 Å². The van der Waals surface area contributed by atoms with E-state index in [0.29, 0.717) is 10.9 Å². The van der Waals surface area contributed by atoms with Crippen LogP contribution in [-0.4, -0.2) is 4.98 Å². The molecule has 0 bridgehead atoms. The number of halogens is 5. The Morgan fingerprint density at radius 2 is 2.00 bits per heavy atom. The minimum absolute atomic E-state index is 0.161. The summed E-state index contributed by atoms with van der Waals surface area (Å²) in [5.41, 5.74) is -1.06. The third-order valence-electron chi connectivity index (χ3n) is 2.21. The summed E-state index contributed by atoms with van der Waals surface area (Å²) >= 11 is 6.64. The van der Waals surface area contributed by atoms with E-state index in [1.807, 2.05) is 0 Å². The van der Waals surface area contributed by atoms with Crippen molar-refractivity contribution in [2.75, 3.05) is 0 Å². The van der Waals surface area contributed by atoms with Crippen molar-refractivity contribution in [3.63, 3.8) is 0 Å². The van der Waals surface area contributed by atoms with E-state index in [1.54, 1.807) is 0 Å². The van der Waals surface area contributed by atoms with Gasteiger partial charge < -0.3 is 0 Å². The minimum Gasteiger partial charge on any atom is -0.244 e. The third-order valence-corrected chi connectivity index (χ3v) is 3.69. The molecule has 1 heterocycles. The van der Waals surface area contributed by atoms with Gasteiger partial charge in [-0.3, -0.25) is 0 Å². The van der Waals surface area contributed by atoms with E-state index < -0.39 is 17.6 Å². The molecule has 96 valence electrons. The Hall–Kier alpha value is -1.14. The van der Waals surface area contributed by atoms with E-state index in [2.05, 4.69) is 4.98 Å². The molecule has 1 aromatic heterocycles. The van der Waals surface area contributed by atoms with Gasteiger partial charge in [0.1, 0.15) is 10.8 Å². The van der Waals surface area contributed by atoms with Crippen LogP contribution in [0.3, 0.4) is 0 Å². The summed E-state index contributed by atoms with van der Waals surface area (Å²) in [5, 5.41) is 0.189. The molecular formula is C11H6ClF4NS. The standard InChI is InChI=1S/C11H6ClF4NS/c12-4-7-5-17-10(18-7)8-3-6(11(14,15)16)1-2-9(8)13/h1-3,5H,4H2. The molecule has 0 unspecified atom stereocenters. The van der Waals surface area contributed by atoms with E-state index in [-0.39, 0.29) is 16.5 Å². The smallest absolute Gasteiger partial charge is 0.244 e. The lowest BCUT2D eigenvalue weighted by molar-refractivity contribution is -0.137. The van der Waals surface area contributed by atoms with E-state index in [9.17, 15) is 17.6 Å². The van der Waals surface area contributed by atoms with E-state index >= 15 is 0 Å². The molecule has 0 N–H and O–H groups in total. The molecule has 1 aromatic carbocycles. The zero-order valence-corrected chi connectivity index (χ0v) is 10.3. The van der Waals surface area contributed by atoms with Crippen LogP contribution in [-0.2, 0) is 12.1 Å². The molecule has 0 amide bonds. The third kappa shape index (κ3) is 2.64.